The summed E-state index contributed by atoms with van der Waals surface area (Å²) >= 11 is 0. The second-order valence-corrected chi connectivity index (χ2v) is 7.79. The lowest BCUT2D eigenvalue weighted by Gasteiger charge is -2.30. The summed E-state index contributed by atoms with van der Waals surface area (Å²) in [5, 5.41) is 7.16. The van der Waals surface area contributed by atoms with E-state index in [1.807, 2.05) is 24.3 Å². The van der Waals surface area contributed by atoms with Crippen LogP contribution in [0, 0.1) is 11.8 Å². The minimum atomic E-state index is 0.0323. The summed E-state index contributed by atoms with van der Waals surface area (Å²) in [4.78, 5) is 19.2. The van der Waals surface area contributed by atoms with Gasteiger partial charge in [0.1, 0.15) is 5.75 Å². The molecule has 152 valence electrons. The van der Waals surface area contributed by atoms with Crippen LogP contribution in [-0.4, -0.2) is 47.7 Å². The van der Waals surface area contributed by atoms with Crippen LogP contribution in [0.3, 0.4) is 0 Å². The second-order valence-electron chi connectivity index (χ2n) is 7.79. The van der Waals surface area contributed by atoms with Crippen molar-refractivity contribution in [2.75, 3.05) is 26.7 Å². The van der Waals surface area contributed by atoms with E-state index in [9.17, 15) is 4.79 Å². The van der Waals surface area contributed by atoms with Gasteiger partial charge >= 0.3 is 0 Å². The molecule has 1 aromatic carbocycles. The molecule has 7 heteroatoms. The normalized spacial score (nSPS) is 17.6. The van der Waals surface area contributed by atoms with Gasteiger partial charge in [-0.15, -0.1) is 0 Å². The molecule has 1 aliphatic heterocycles. The van der Waals surface area contributed by atoms with Crippen molar-refractivity contribution in [1.29, 1.82) is 0 Å². The summed E-state index contributed by atoms with van der Waals surface area (Å²) in [6.45, 7) is 7.32. The summed E-state index contributed by atoms with van der Waals surface area (Å²) in [6.07, 6.45) is 2.95. The van der Waals surface area contributed by atoms with E-state index in [1.54, 1.807) is 7.11 Å². The number of nitrogens with zero attached hydrogens (tertiary/aromatic N) is 3. The average molecular weight is 386 g/mol. The monoisotopic (exact) mass is 386 g/mol. The molecule has 1 saturated heterocycles. The number of benzene rings is 1. The van der Waals surface area contributed by atoms with Crippen molar-refractivity contribution in [3.05, 3.63) is 30.2 Å². The number of likely N-dealkylation sites (tertiary alicyclic amines) is 1. The van der Waals surface area contributed by atoms with Crippen LogP contribution in [0.4, 0.5) is 0 Å². The Hall–Kier alpha value is -2.41. The number of hydrogen-bond acceptors (Lipinski definition) is 6. The number of carbonyl (C=O) groups excluding carboxylic acids is 1. The number of ether oxygens (including phenoxy) is 1. The standard InChI is InChI=1S/C21H30N4O3/c1-15(2)10-11-22-21(26)17-5-4-12-25(13-17)14-19-23-20(24-28-19)16-6-8-18(27-3)9-7-16/h6-9,15,17H,4-5,10-14H2,1-3H3,(H,22,26). The molecule has 1 aliphatic rings. The third kappa shape index (κ3) is 5.55. The van der Waals surface area contributed by atoms with Crippen LogP contribution >= 0.6 is 0 Å². The Morgan fingerprint density at radius 2 is 2.14 bits per heavy atom. The Labute approximate surface area is 166 Å². The molecule has 1 atom stereocenters. The first-order chi connectivity index (χ1) is 13.5. The van der Waals surface area contributed by atoms with Crippen LogP contribution in [0.5, 0.6) is 5.75 Å². The average Bonchev–Trinajstić information content (AvgIpc) is 3.16. The molecule has 3 rings (SSSR count). The van der Waals surface area contributed by atoms with Gasteiger partial charge in [0.25, 0.3) is 0 Å². The Kier molecular flexibility index (Phi) is 7.03. The van der Waals surface area contributed by atoms with Crippen molar-refractivity contribution < 1.29 is 14.1 Å². The summed E-state index contributed by atoms with van der Waals surface area (Å²) in [5.74, 6) is 2.73. The zero-order valence-electron chi connectivity index (χ0n) is 17.0. The van der Waals surface area contributed by atoms with E-state index in [0.717, 1.165) is 50.2 Å². The van der Waals surface area contributed by atoms with Crippen molar-refractivity contribution in [3.63, 3.8) is 0 Å². The Balaban J connectivity index is 1.53. The van der Waals surface area contributed by atoms with E-state index in [0.29, 0.717) is 24.2 Å². The van der Waals surface area contributed by atoms with Gasteiger partial charge in [-0.3, -0.25) is 9.69 Å². The molecule has 0 radical (unpaired) electrons. The highest BCUT2D eigenvalue weighted by Gasteiger charge is 2.26. The molecular formula is C21H30N4O3. The number of methoxy groups -OCH3 is 1. The predicted octanol–water partition coefficient (Wildman–Crippen LogP) is 3.12. The van der Waals surface area contributed by atoms with E-state index in [2.05, 4.69) is 34.2 Å². The zero-order valence-corrected chi connectivity index (χ0v) is 17.0. The first-order valence-corrected chi connectivity index (χ1v) is 10.0. The fourth-order valence-electron chi connectivity index (χ4n) is 3.41. The van der Waals surface area contributed by atoms with Crippen LogP contribution < -0.4 is 10.1 Å². The van der Waals surface area contributed by atoms with Gasteiger partial charge in [0, 0.05) is 18.7 Å². The van der Waals surface area contributed by atoms with Crippen molar-refractivity contribution in [3.8, 4) is 17.1 Å². The first-order valence-electron chi connectivity index (χ1n) is 10.0. The van der Waals surface area contributed by atoms with E-state index < -0.39 is 0 Å². The number of rotatable bonds is 8. The summed E-state index contributed by atoms with van der Waals surface area (Å²) in [5.41, 5.74) is 0.886. The lowest BCUT2D eigenvalue weighted by molar-refractivity contribution is -0.126. The maximum Gasteiger partial charge on any atom is 0.241 e. The largest absolute Gasteiger partial charge is 0.497 e. The summed E-state index contributed by atoms with van der Waals surface area (Å²) < 4.78 is 10.6. The minimum Gasteiger partial charge on any atom is -0.497 e. The van der Waals surface area contributed by atoms with Gasteiger partial charge in [-0.25, -0.2) is 0 Å². The van der Waals surface area contributed by atoms with Gasteiger partial charge in [-0.1, -0.05) is 19.0 Å². The maximum atomic E-state index is 12.4. The minimum absolute atomic E-state index is 0.0323. The first kappa shape index (κ1) is 20.3. The molecule has 28 heavy (non-hydrogen) atoms. The molecule has 2 heterocycles. The van der Waals surface area contributed by atoms with Crippen molar-refractivity contribution in [2.24, 2.45) is 11.8 Å². The van der Waals surface area contributed by atoms with Crippen LogP contribution in [0.1, 0.15) is 39.0 Å². The zero-order chi connectivity index (χ0) is 19.9. The SMILES string of the molecule is COc1ccc(-c2noc(CN3CCCC(C(=O)NCCC(C)C)C3)n2)cc1. The van der Waals surface area contributed by atoms with Crippen LogP contribution in [-0.2, 0) is 11.3 Å². The van der Waals surface area contributed by atoms with Crippen LogP contribution in [0.2, 0.25) is 0 Å². The maximum absolute atomic E-state index is 12.4. The van der Waals surface area contributed by atoms with Gasteiger partial charge in [0.15, 0.2) is 0 Å². The summed E-state index contributed by atoms with van der Waals surface area (Å²) in [6, 6.07) is 7.56. The Morgan fingerprint density at radius 1 is 1.36 bits per heavy atom. The highest BCUT2D eigenvalue weighted by Crippen LogP contribution is 2.22. The van der Waals surface area contributed by atoms with Gasteiger partial charge in [-0.05, 0) is 56.0 Å². The smallest absolute Gasteiger partial charge is 0.241 e. The van der Waals surface area contributed by atoms with Gasteiger partial charge < -0.3 is 14.6 Å². The molecule has 1 amide bonds. The van der Waals surface area contributed by atoms with Crippen molar-refractivity contribution in [2.45, 2.75) is 39.7 Å². The van der Waals surface area contributed by atoms with Crippen molar-refractivity contribution in [1.82, 2.24) is 20.4 Å². The Morgan fingerprint density at radius 3 is 2.86 bits per heavy atom. The van der Waals surface area contributed by atoms with Gasteiger partial charge in [-0.2, -0.15) is 4.98 Å². The Bertz CT molecular complexity index is 757. The van der Waals surface area contributed by atoms with E-state index in [1.165, 1.54) is 0 Å². The molecule has 0 bridgehead atoms. The molecule has 0 spiro atoms. The number of amides is 1. The quantitative estimate of drug-likeness (QED) is 0.751. The van der Waals surface area contributed by atoms with Crippen LogP contribution in [0.15, 0.2) is 28.8 Å². The lowest BCUT2D eigenvalue weighted by Crippen LogP contribution is -2.43. The molecule has 2 aromatic rings. The molecule has 0 saturated carbocycles. The molecule has 1 unspecified atom stereocenters. The number of hydrogen-bond donors (Lipinski definition) is 1. The van der Waals surface area contributed by atoms with E-state index in [4.69, 9.17) is 9.26 Å². The second kappa shape index (κ2) is 9.68. The fraction of sp³-hybridized carbons (Fsp3) is 0.571. The number of piperidine rings is 1. The topological polar surface area (TPSA) is 80.5 Å². The third-order valence-electron chi connectivity index (χ3n) is 5.07. The van der Waals surface area contributed by atoms with Crippen molar-refractivity contribution >= 4 is 5.91 Å². The summed E-state index contributed by atoms with van der Waals surface area (Å²) in [7, 11) is 1.64. The van der Waals surface area contributed by atoms with E-state index in [-0.39, 0.29) is 11.8 Å². The highest BCUT2D eigenvalue weighted by molar-refractivity contribution is 5.78. The highest BCUT2D eigenvalue weighted by atomic mass is 16.5. The number of aromatic nitrogens is 2. The third-order valence-corrected chi connectivity index (χ3v) is 5.07. The van der Waals surface area contributed by atoms with Gasteiger partial charge in [0.2, 0.25) is 17.6 Å². The molecule has 1 aromatic heterocycles. The molecule has 0 aliphatic carbocycles. The lowest BCUT2D eigenvalue weighted by atomic mass is 9.97. The van der Waals surface area contributed by atoms with E-state index >= 15 is 0 Å². The molecule has 1 fully saturated rings. The van der Waals surface area contributed by atoms with Crippen LogP contribution in [0.25, 0.3) is 11.4 Å². The molecule has 7 nitrogen and oxygen atoms in total. The van der Waals surface area contributed by atoms with Gasteiger partial charge in [0.05, 0.1) is 19.6 Å². The number of nitrogens with one attached hydrogen (secondary N) is 1. The molecular weight excluding hydrogens is 356 g/mol. The predicted molar refractivity (Wildman–Crippen MR) is 107 cm³/mol. The number of carbonyl (C=O) groups is 1. The fourth-order valence-corrected chi connectivity index (χ4v) is 3.41. The molecule has 1 N–H and O–H groups in total.